The molecular weight excluding hydrogens is 234 g/mol. The van der Waals surface area contributed by atoms with Crippen molar-refractivity contribution in [1.29, 1.82) is 0 Å². The van der Waals surface area contributed by atoms with E-state index in [1.165, 1.54) is 0 Å². The summed E-state index contributed by atoms with van der Waals surface area (Å²) in [5.74, 6) is -0.432. The summed E-state index contributed by atoms with van der Waals surface area (Å²) in [7, 11) is 0. The molecule has 0 fully saturated rings. The van der Waals surface area contributed by atoms with Gasteiger partial charge in [0.25, 0.3) is 5.91 Å². The third-order valence-electron chi connectivity index (χ3n) is 2.99. The fourth-order valence-electron chi connectivity index (χ4n) is 1.98. The normalized spacial score (nSPS) is 14.4. The highest BCUT2D eigenvalue weighted by Gasteiger charge is 2.26. The van der Waals surface area contributed by atoms with E-state index < -0.39 is 11.4 Å². The molecule has 5 nitrogen and oxygen atoms in total. The van der Waals surface area contributed by atoms with E-state index in [1.54, 1.807) is 12.1 Å². The maximum Gasteiger partial charge on any atom is 0.304 e. The number of rotatable bonds is 3. The van der Waals surface area contributed by atoms with E-state index in [-0.39, 0.29) is 18.9 Å². The van der Waals surface area contributed by atoms with Gasteiger partial charge < -0.3 is 15.2 Å². The van der Waals surface area contributed by atoms with Crippen LogP contribution in [-0.4, -0.2) is 23.6 Å². The number of hydrogen-bond donors (Lipinski definition) is 2. The summed E-state index contributed by atoms with van der Waals surface area (Å²) in [5.41, 5.74) is 0.958. The lowest BCUT2D eigenvalue weighted by atomic mass is 9.81. The first kappa shape index (κ1) is 12.4. The second-order valence-electron chi connectivity index (χ2n) is 5.00. The highest BCUT2D eigenvalue weighted by atomic mass is 16.5. The van der Waals surface area contributed by atoms with E-state index in [0.717, 1.165) is 5.56 Å². The summed E-state index contributed by atoms with van der Waals surface area (Å²) in [6.07, 6.45) is 0.0284. The first-order valence-electron chi connectivity index (χ1n) is 5.67. The van der Waals surface area contributed by atoms with Crippen molar-refractivity contribution in [2.24, 2.45) is 0 Å². The lowest BCUT2D eigenvalue weighted by Gasteiger charge is -2.26. The number of carboxylic acids is 1. The Morgan fingerprint density at radius 2 is 2.22 bits per heavy atom. The smallest absolute Gasteiger partial charge is 0.304 e. The average Bonchev–Trinajstić information content (AvgIpc) is 2.26. The molecule has 0 saturated heterocycles. The summed E-state index contributed by atoms with van der Waals surface area (Å²) in [6, 6.07) is 5.36. The number of fused-ring (bicyclic) bond motifs is 1. The Morgan fingerprint density at radius 3 is 2.89 bits per heavy atom. The SMILES string of the molecule is CC(C)(CC(=O)O)c1ccc2c(c1)NC(=O)CO2. The van der Waals surface area contributed by atoms with Gasteiger partial charge in [-0.25, -0.2) is 0 Å². The number of carbonyl (C=O) groups excluding carboxylic acids is 1. The molecule has 0 aliphatic carbocycles. The third kappa shape index (κ3) is 2.45. The number of carbonyl (C=O) groups is 2. The molecule has 1 amide bonds. The molecule has 0 aromatic heterocycles. The van der Waals surface area contributed by atoms with Crippen molar-refractivity contribution in [3.8, 4) is 5.75 Å². The van der Waals surface area contributed by atoms with Crippen molar-refractivity contribution in [2.75, 3.05) is 11.9 Å². The molecule has 1 aliphatic rings. The molecule has 2 N–H and O–H groups in total. The maximum absolute atomic E-state index is 11.2. The molecule has 1 aliphatic heterocycles. The van der Waals surface area contributed by atoms with Crippen LogP contribution in [0.3, 0.4) is 0 Å². The topological polar surface area (TPSA) is 75.6 Å². The quantitative estimate of drug-likeness (QED) is 0.856. The zero-order chi connectivity index (χ0) is 13.3. The highest BCUT2D eigenvalue weighted by molar-refractivity contribution is 5.95. The van der Waals surface area contributed by atoms with Gasteiger partial charge in [-0.1, -0.05) is 19.9 Å². The Hall–Kier alpha value is -2.04. The molecule has 1 heterocycles. The van der Waals surface area contributed by atoms with Gasteiger partial charge in [0.1, 0.15) is 5.75 Å². The van der Waals surface area contributed by atoms with Gasteiger partial charge >= 0.3 is 5.97 Å². The van der Waals surface area contributed by atoms with Crippen LogP contribution in [0.25, 0.3) is 0 Å². The van der Waals surface area contributed by atoms with Gasteiger partial charge in [-0.05, 0) is 17.7 Å². The minimum atomic E-state index is -0.849. The minimum Gasteiger partial charge on any atom is -0.482 e. The van der Waals surface area contributed by atoms with Crippen molar-refractivity contribution in [1.82, 2.24) is 0 Å². The van der Waals surface area contributed by atoms with E-state index in [2.05, 4.69) is 5.32 Å². The van der Waals surface area contributed by atoms with Crippen LogP contribution in [0.5, 0.6) is 5.75 Å². The van der Waals surface area contributed by atoms with E-state index in [9.17, 15) is 9.59 Å². The minimum absolute atomic E-state index is 0.0187. The van der Waals surface area contributed by atoms with Crippen LogP contribution in [-0.2, 0) is 15.0 Å². The molecule has 0 radical (unpaired) electrons. The number of carboxylic acid groups (broad SMARTS) is 1. The molecule has 1 aromatic carbocycles. The highest BCUT2D eigenvalue weighted by Crippen LogP contribution is 2.34. The Balaban J connectivity index is 2.33. The van der Waals surface area contributed by atoms with E-state index in [4.69, 9.17) is 9.84 Å². The summed E-state index contributed by atoms with van der Waals surface area (Å²) in [6.45, 7) is 3.73. The zero-order valence-corrected chi connectivity index (χ0v) is 10.3. The van der Waals surface area contributed by atoms with Crippen LogP contribution in [0.15, 0.2) is 18.2 Å². The number of hydrogen-bond acceptors (Lipinski definition) is 3. The van der Waals surface area contributed by atoms with Crippen molar-refractivity contribution < 1.29 is 19.4 Å². The zero-order valence-electron chi connectivity index (χ0n) is 10.3. The van der Waals surface area contributed by atoms with Gasteiger partial charge in [0.05, 0.1) is 12.1 Å². The molecular formula is C13H15NO4. The number of ether oxygens (including phenoxy) is 1. The van der Waals surface area contributed by atoms with Crippen LogP contribution in [0.2, 0.25) is 0 Å². The van der Waals surface area contributed by atoms with Crippen molar-refractivity contribution in [3.63, 3.8) is 0 Å². The van der Waals surface area contributed by atoms with Crippen LogP contribution in [0, 0.1) is 0 Å². The number of aliphatic carboxylic acids is 1. The maximum atomic E-state index is 11.2. The number of amides is 1. The van der Waals surface area contributed by atoms with E-state index in [0.29, 0.717) is 11.4 Å². The second-order valence-corrected chi connectivity index (χ2v) is 5.00. The van der Waals surface area contributed by atoms with Crippen LogP contribution < -0.4 is 10.1 Å². The largest absolute Gasteiger partial charge is 0.482 e. The molecule has 5 heteroatoms. The standard InChI is InChI=1S/C13H15NO4/c1-13(2,6-12(16)17)8-3-4-10-9(5-8)14-11(15)7-18-10/h3-5H,6-7H2,1-2H3,(H,14,15)(H,16,17). The van der Waals surface area contributed by atoms with Crippen molar-refractivity contribution in [3.05, 3.63) is 23.8 Å². The summed E-state index contributed by atoms with van der Waals surface area (Å²) in [5, 5.41) is 11.6. The van der Waals surface area contributed by atoms with Crippen molar-refractivity contribution in [2.45, 2.75) is 25.7 Å². The van der Waals surface area contributed by atoms with Gasteiger partial charge in [0.2, 0.25) is 0 Å². The molecule has 0 atom stereocenters. The molecule has 18 heavy (non-hydrogen) atoms. The first-order chi connectivity index (χ1) is 8.38. The molecule has 0 unspecified atom stereocenters. The molecule has 1 aromatic rings. The molecule has 96 valence electrons. The predicted octanol–water partition coefficient (Wildman–Crippen LogP) is 1.77. The Labute approximate surface area is 105 Å². The summed E-state index contributed by atoms with van der Waals surface area (Å²) in [4.78, 5) is 22.1. The van der Waals surface area contributed by atoms with Crippen LogP contribution >= 0.6 is 0 Å². The van der Waals surface area contributed by atoms with Crippen molar-refractivity contribution >= 4 is 17.6 Å². The Kier molecular flexibility index (Phi) is 2.98. The number of nitrogens with one attached hydrogen (secondary N) is 1. The van der Waals surface area contributed by atoms with Gasteiger partial charge in [-0.2, -0.15) is 0 Å². The van der Waals surface area contributed by atoms with Crippen LogP contribution in [0.4, 0.5) is 5.69 Å². The summed E-state index contributed by atoms with van der Waals surface area (Å²) >= 11 is 0. The van der Waals surface area contributed by atoms with Gasteiger partial charge in [-0.3, -0.25) is 9.59 Å². The molecule has 0 bridgehead atoms. The predicted molar refractivity (Wildman–Crippen MR) is 65.8 cm³/mol. The third-order valence-corrected chi connectivity index (χ3v) is 2.99. The monoisotopic (exact) mass is 249 g/mol. The lowest BCUT2D eigenvalue weighted by Crippen LogP contribution is -2.27. The lowest BCUT2D eigenvalue weighted by molar-refractivity contribution is -0.138. The second kappa shape index (κ2) is 4.33. The van der Waals surface area contributed by atoms with Crippen LogP contribution in [0.1, 0.15) is 25.8 Å². The van der Waals surface area contributed by atoms with Gasteiger partial charge in [0.15, 0.2) is 6.61 Å². The number of benzene rings is 1. The Morgan fingerprint density at radius 1 is 1.50 bits per heavy atom. The first-order valence-corrected chi connectivity index (χ1v) is 5.67. The van der Waals surface area contributed by atoms with E-state index >= 15 is 0 Å². The van der Waals surface area contributed by atoms with E-state index in [1.807, 2.05) is 19.9 Å². The number of anilines is 1. The fourth-order valence-corrected chi connectivity index (χ4v) is 1.98. The van der Waals surface area contributed by atoms with Gasteiger partial charge in [0, 0.05) is 5.41 Å². The molecule has 0 saturated carbocycles. The molecule has 0 spiro atoms. The van der Waals surface area contributed by atoms with Gasteiger partial charge in [-0.15, -0.1) is 0 Å². The fraction of sp³-hybridized carbons (Fsp3) is 0.385. The average molecular weight is 249 g/mol. The Bertz CT molecular complexity index is 508. The molecule has 2 rings (SSSR count). The summed E-state index contributed by atoms with van der Waals surface area (Å²) < 4.78 is 5.26.